The Morgan fingerprint density at radius 1 is 0.645 bits per heavy atom. The zero-order valence-electron chi connectivity index (χ0n) is 19.3. The fourth-order valence-electron chi connectivity index (χ4n) is 3.94. The number of nitrogens with zero attached hydrogens (tertiary/aromatic N) is 5. The summed E-state index contributed by atoms with van der Waals surface area (Å²) in [6.07, 6.45) is 0. The summed E-state index contributed by atoms with van der Waals surface area (Å²) in [7, 11) is 0. The molecule has 0 fully saturated rings. The topological polar surface area (TPSA) is 23.0 Å². The van der Waals surface area contributed by atoms with E-state index in [0.717, 1.165) is 15.3 Å². The molecule has 2 aromatic heterocycles. The molecule has 1 unspecified atom stereocenters. The molecular weight excluding hydrogens is 503 g/mol. The minimum Gasteiger partial charge on any atom is -0.308 e. The Kier molecular flexibility index (Phi) is 7.15. The predicted octanol–water partition coefficient (Wildman–Crippen LogP) is 8.23. The number of hydrogen-bond acceptors (Lipinski definition) is 7. The monoisotopic (exact) mass is 533 g/mol. The first-order valence-electron chi connectivity index (χ1n) is 10.7. The maximum absolute atomic E-state index is 5.89. The number of imidazole rings is 2. The van der Waals surface area contributed by atoms with Crippen molar-refractivity contribution in [3.8, 4) is 0 Å². The van der Waals surface area contributed by atoms with Gasteiger partial charge in [0.2, 0.25) is 0 Å². The molecule has 0 saturated carbocycles. The van der Waals surface area contributed by atoms with Crippen molar-refractivity contribution in [2.45, 2.75) is 105 Å². The van der Waals surface area contributed by atoms with Crippen LogP contribution in [0.4, 0.5) is 0 Å². The third-order valence-electron chi connectivity index (χ3n) is 5.33. The largest absolute Gasteiger partial charge is 0.308 e. The molecule has 2 aliphatic heterocycles. The minimum atomic E-state index is 0.347. The number of thioether (sulfide) groups is 2. The molecule has 0 radical (unpaired) electrons. The summed E-state index contributed by atoms with van der Waals surface area (Å²) < 4.78 is 13.7. The summed E-state index contributed by atoms with van der Waals surface area (Å²) in [5, 5.41) is 5.58. The molecule has 11 heteroatoms. The summed E-state index contributed by atoms with van der Waals surface area (Å²) in [6.45, 7) is 17.8. The maximum Gasteiger partial charge on any atom is 0.182 e. The van der Waals surface area contributed by atoms with E-state index in [4.69, 9.17) is 24.4 Å². The molecule has 2 aliphatic rings. The summed E-state index contributed by atoms with van der Waals surface area (Å²) in [5.74, 6) is 1.04. The van der Waals surface area contributed by atoms with Gasteiger partial charge in [0, 0.05) is 29.9 Å². The highest BCUT2D eigenvalue weighted by Gasteiger charge is 2.39. The molecule has 2 aromatic rings. The van der Waals surface area contributed by atoms with Crippen LogP contribution in [0.5, 0.6) is 0 Å². The van der Waals surface area contributed by atoms with Crippen LogP contribution in [0.3, 0.4) is 0 Å². The van der Waals surface area contributed by atoms with Gasteiger partial charge in [-0.15, -0.1) is 11.8 Å². The second-order valence-electron chi connectivity index (χ2n) is 8.99. The number of hydrogen-bond donors (Lipinski definition) is 0. The van der Waals surface area contributed by atoms with Crippen molar-refractivity contribution in [2.75, 3.05) is 5.75 Å². The van der Waals surface area contributed by atoms with E-state index < -0.39 is 0 Å². The molecule has 0 spiro atoms. The average Bonchev–Trinajstić information content (AvgIpc) is 3.26. The standard InChI is InChI=1S/C20H31N5S6/c1-10(2)21-15-16(22(11(3)4)19(21)26)29-14(9-28-15)25-30-17-18(31-25)24(13(7)8)20(27)23(17)12(5)6/h10-14H,9H2,1-8H3. The molecule has 0 N–H and O–H groups in total. The fraction of sp³-hybridized carbons (Fsp3) is 0.700. The number of rotatable bonds is 5. The van der Waals surface area contributed by atoms with Crippen LogP contribution in [-0.2, 0) is 0 Å². The van der Waals surface area contributed by atoms with Crippen LogP contribution in [0.2, 0.25) is 0 Å². The van der Waals surface area contributed by atoms with E-state index in [1.165, 1.54) is 20.1 Å². The molecule has 5 nitrogen and oxygen atoms in total. The van der Waals surface area contributed by atoms with Crippen LogP contribution in [0.15, 0.2) is 20.1 Å². The third-order valence-corrected chi connectivity index (χ3v) is 11.7. The van der Waals surface area contributed by atoms with Crippen LogP contribution in [0.1, 0.15) is 79.6 Å². The van der Waals surface area contributed by atoms with Gasteiger partial charge in [0.25, 0.3) is 0 Å². The van der Waals surface area contributed by atoms with E-state index in [2.05, 4.69) is 77.4 Å². The Bertz CT molecular complexity index is 1060. The molecule has 31 heavy (non-hydrogen) atoms. The number of aromatic nitrogens is 4. The summed E-state index contributed by atoms with van der Waals surface area (Å²) in [6, 6.07) is 1.41. The van der Waals surface area contributed by atoms with E-state index in [9.17, 15) is 0 Å². The molecule has 0 bridgehead atoms. The normalized spacial score (nSPS) is 19.3. The van der Waals surface area contributed by atoms with Crippen LogP contribution in [-0.4, -0.2) is 33.1 Å². The van der Waals surface area contributed by atoms with Gasteiger partial charge < -0.3 is 18.3 Å². The quantitative estimate of drug-likeness (QED) is 0.282. The van der Waals surface area contributed by atoms with Crippen molar-refractivity contribution < 1.29 is 0 Å². The Hall–Kier alpha value is 0.220. The first kappa shape index (κ1) is 24.3. The first-order valence-corrected chi connectivity index (χ1v) is 14.9. The molecule has 0 saturated heterocycles. The molecule has 0 aromatic carbocycles. The van der Waals surface area contributed by atoms with E-state index in [1.54, 1.807) is 0 Å². The second kappa shape index (κ2) is 9.11. The van der Waals surface area contributed by atoms with Crippen LogP contribution >= 0.6 is 71.9 Å². The molecule has 1 atom stereocenters. The molecular formula is C20H31N5S6. The second-order valence-corrected chi connectivity index (χ2v) is 14.1. The van der Waals surface area contributed by atoms with Crippen LogP contribution in [0, 0.1) is 9.54 Å². The predicted molar refractivity (Wildman–Crippen MR) is 142 cm³/mol. The molecule has 4 heterocycles. The van der Waals surface area contributed by atoms with Crippen molar-refractivity contribution in [1.82, 2.24) is 22.0 Å². The smallest absolute Gasteiger partial charge is 0.182 e. The lowest BCUT2D eigenvalue weighted by molar-refractivity contribution is 0.516. The zero-order valence-corrected chi connectivity index (χ0v) is 24.2. The highest BCUT2D eigenvalue weighted by atomic mass is 32.2. The van der Waals surface area contributed by atoms with Crippen molar-refractivity contribution in [3.63, 3.8) is 0 Å². The summed E-state index contributed by atoms with van der Waals surface area (Å²) >= 11 is 19.3. The first-order chi connectivity index (χ1) is 14.5. The SMILES string of the molecule is CC(C)n1c2c(n(C(C)C)c1=S)SC(N1Sc3c(n(C(C)C)c(=S)n3C(C)C)S1)CS2. The van der Waals surface area contributed by atoms with Gasteiger partial charge in [-0.2, -0.15) is 3.71 Å². The van der Waals surface area contributed by atoms with E-state index in [0.29, 0.717) is 29.5 Å². The molecule has 172 valence electrons. The van der Waals surface area contributed by atoms with Crippen molar-refractivity contribution in [2.24, 2.45) is 0 Å². The molecule has 0 amide bonds. The van der Waals surface area contributed by atoms with Gasteiger partial charge in [-0.3, -0.25) is 0 Å². The van der Waals surface area contributed by atoms with Gasteiger partial charge >= 0.3 is 0 Å². The van der Waals surface area contributed by atoms with Gasteiger partial charge in [0.15, 0.2) is 9.54 Å². The van der Waals surface area contributed by atoms with Gasteiger partial charge in [-0.1, -0.05) is 11.8 Å². The van der Waals surface area contributed by atoms with Gasteiger partial charge in [0.05, 0.1) is 5.37 Å². The van der Waals surface area contributed by atoms with Crippen molar-refractivity contribution >= 4 is 71.9 Å². The highest BCUT2D eigenvalue weighted by Crippen LogP contribution is 2.55. The van der Waals surface area contributed by atoms with Crippen molar-refractivity contribution in [3.05, 3.63) is 9.54 Å². The van der Waals surface area contributed by atoms with Gasteiger partial charge in [-0.05, 0) is 104 Å². The van der Waals surface area contributed by atoms with Crippen LogP contribution < -0.4 is 0 Å². The number of fused-ring (bicyclic) bond motifs is 2. The maximum atomic E-state index is 5.89. The summed E-state index contributed by atoms with van der Waals surface area (Å²) in [5.41, 5.74) is 0. The van der Waals surface area contributed by atoms with Gasteiger partial charge in [0.1, 0.15) is 20.1 Å². The van der Waals surface area contributed by atoms with Crippen LogP contribution in [0.25, 0.3) is 0 Å². The van der Waals surface area contributed by atoms with E-state index >= 15 is 0 Å². The third kappa shape index (κ3) is 4.04. The lowest BCUT2D eigenvalue weighted by Crippen LogP contribution is -2.25. The molecule has 0 aliphatic carbocycles. The van der Waals surface area contributed by atoms with E-state index in [1.807, 2.05) is 47.4 Å². The van der Waals surface area contributed by atoms with E-state index in [-0.39, 0.29) is 0 Å². The summed E-state index contributed by atoms with van der Waals surface area (Å²) in [4.78, 5) is 0. The molecule has 4 rings (SSSR count). The lowest BCUT2D eigenvalue weighted by atomic mass is 10.4. The Labute approximate surface area is 213 Å². The Morgan fingerprint density at radius 3 is 1.45 bits per heavy atom. The lowest BCUT2D eigenvalue weighted by Gasteiger charge is -2.29. The van der Waals surface area contributed by atoms with Gasteiger partial charge in [-0.25, -0.2) is 0 Å². The fourth-order valence-corrected chi connectivity index (χ4v) is 11.6. The Morgan fingerprint density at radius 2 is 1.03 bits per heavy atom. The van der Waals surface area contributed by atoms with Crippen molar-refractivity contribution in [1.29, 1.82) is 0 Å². The average molecular weight is 534 g/mol. The highest BCUT2D eigenvalue weighted by molar-refractivity contribution is 8.16. The Balaban J connectivity index is 1.69. The zero-order chi connectivity index (χ0) is 22.8. The minimum absolute atomic E-state index is 0.347.